The Morgan fingerprint density at radius 2 is 1.62 bits per heavy atom. The van der Waals surface area contributed by atoms with E-state index in [2.05, 4.69) is 0 Å². The molecule has 0 aromatic carbocycles. The molecule has 1 saturated carbocycles. The zero-order chi connectivity index (χ0) is 19.4. The summed E-state index contributed by atoms with van der Waals surface area (Å²) in [6.45, 7) is 0.508. The van der Waals surface area contributed by atoms with Crippen LogP contribution in [0.15, 0.2) is 12.3 Å². The summed E-state index contributed by atoms with van der Waals surface area (Å²) < 4.78 is 15.9. The van der Waals surface area contributed by atoms with Gasteiger partial charge in [0, 0.05) is 0 Å². The zero-order valence-corrected chi connectivity index (χ0v) is 13.9. The second kappa shape index (κ2) is 6.63. The van der Waals surface area contributed by atoms with E-state index < -0.39 is 72.9 Å². The minimum atomic E-state index is -2.08. The van der Waals surface area contributed by atoms with Crippen LogP contribution in [0.1, 0.15) is 6.92 Å². The SMILES string of the molecule is CC1(O)C(O)C(O)C2(O)C=COC(OC3OC(CO)C(O)C(O)C3O)C12. The summed E-state index contributed by atoms with van der Waals surface area (Å²) in [5, 5.41) is 80.3. The number of fused-ring (bicyclic) bond motifs is 1. The van der Waals surface area contributed by atoms with Crippen LogP contribution in [0.4, 0.5) is 0 Å². The normalized spacial score (nSPS) is 56.9. The summed E-state index contributed by atoms with van der Waals surface area (Å²) in [6.07, 6.45) is -10.7. The minimum absolute atomic E-state index is 0.668. The van der Waals surface area contributed by atoms with Gasteiger partial charge in [0.25, 0.3) is 0 Å². The maximum absolute atomic E-state index is 10.7. The lowest BCUT2D eigenvalue weighted by Crippen LogP contribution is -2.62. The topological polar surface area (TPSA) is 190 Å². The lowest BCUT2D eigenvalue weighted by atomic mass is 9.81. The Kier molecular flexibility index (Phi) is 5.08. The first-order chi connectivity index (χ1) is 12.1. The summed E-state index contributed by atoms with van der Waals surface area (Å²) in [5.41, 5.74) is -4.11. The zero-order valence-electron chi connectivity index (χ0n) is 13.9. The first kappa shape index (κ1) is 19.9. The van der Waals surface area contributed by atoms with Crippen LogP contribution in [0, 0.1) is 5.92 Å². The molecular weight excluding hydrogens is 356 g/mol. The van der Waals surface area contributed by atoms with E-state index in [4.69, 9.17) is 14.2 Å². The van der Waals surface area contributed by atoms with Crippen molar-refractivity contribution in [3.8, 4) is 0 Å². The van der Waals surface area contributed by atoms with Crippen molar-refractivity contribution in [1.29, 1.82) is 0 Å². The number of hydrogen-bond acceptors (Lipinski definition) is 11. The van der Waals surface area contributed by atoms with Crippen LogP contribution in [0.3, 0.4) is 0 Å². The third-order valence-corrected chi connectivity index (χ3v) is 5.44. The van der Waals surface area contributed by atoms with Crippen LogP contribution in [-0.2, 0) is 14.2 Å². The molecule has 0 radical (unpaired) electrons. The molecule has 2 fully saturated rings. The number of aliphatic hydroxyl groups is 8. The molecular formula is C15H24O11. The van der Waals surface area contributed by atoms with Crippen molar-refractivity contribution in [3.63, 3.8) is 0 Å². The molecule has 11 heteroatoms. The van der Waals surface area contributed by atoms with E-state index in [9.17, 15) is 40.9 Å². The highest BCUT2D eigenvalue weighted by Gasteiger charge is 2.69. The van der Waals surface area contributed by atoms with Gasteiger partial charge in [-0.05, 0) is 13.0 Å². The number of ether oxygens (including phenoxy) is 3. The minimum Gasteiger partial charge on any atom is -0.472 e. The molecule has 3 aliphatic rings. The van der Waals surface area contributed by atoms with Crippen LogP contribution >= 0.6 is 0 Å². The van der Waals surface area contributed by atoms with Crippen LogP contribution in [0.25, 0.3) is 0 Å². The first-order valence-corrected chi connectivity index (χ1v) is 8.15. The van der Waals surface area contributed by atoms with E-state index in [0.717, 1.165) is 12.3 Å². The Labute approximate surface area is 148 Å². The van der Waals surface area contributed by atoms with Gasteiger partial charge < -0.3 is 55.1 Å². The van der Waals surface area contributed by atoms with Crippen molar-refractivity contribution in [1.82, 2.24) is 0 Å². The van der Waals surface area contributed by atoms with E-state index in [1.54, 1.807) is 0 Å². The smallest absolute Gasteiger partial charge is 0.210 e. The highest BCUT2D eigenvalue weighted by atomic mass is 16.8. The molecule has 2 aliphatic heterocycles. The Balaban J connectivity index is 1.85. The van der Waals surface area contributed by atoms with Crippen molar-refractivity contribution in [2.45, 2.75) is 67.3 Å². The number of rotatable bonds is 3. The molecule has 1 aliphatic carbocycles. The molecule has 0 aromatic rings. The maximum atomic E-state index is 10.7. The molecule has 0 bridgehead atoms. The molecule has 3 rings (SSSR count). The van der Waals surface area contributed by atoms with Gasteiger partial charge in [-0.25, -0.2) is 0 Å². The third-order valence-electron chi connectivity index (χ3n) is 5.44. The van der Waals surface area contributed by atoms with Gasteiger partial charge in [-0.2, -0.15) is 0 Å². The van der Waals surface area contributed by atoms with Gasteiger partial charge in [0.2, 0.25) is 6.29 Å². The summed E-state index contributed by atoms with van der Waals surface area (Å²) >= 11 is 0. The molecule has 0 spiro atoms. The Morgan fingerprint density at radius 3 is 2.23 bits per heavy atom. The summed E-state index contributed by atoms with van der Waals surface area (Å²) in [7, 11) is 0. The molecule has 11 atom stereocenters. The first-order valence-electron chi connectivity index (χ1n) is 8.15. The summed E-state index contributed by atoms with van der Waals surface area (Å²) in [4.78, 5) is 0. The molecule has 11 nitrogen and oxygen atoms in total. The molecule has 8 N–H and O–H groups in total. The van der Waals surface area contributed by atoms with E-state index in [-0.39, 0.29) is 0 Å². The molecule has 0 aromatic heterocycles. The predicted octanol–water partition coefficient (Wildman–Crippen LogP) is -4.49. The third kappa shape index (κ3) is 2.76. The highest BCUT2D eigenvalue weighted by Crippen LogP contribution is 2.49. The number of aliphatic hydroxyl groups excluding tert-OH is 6. The van der Waals surface area contributed by atoms with Gasteiger partial charge in [0.15, 0.2) is 6.29 Å². The van der Waals surface area contributed by atoms with Gasteiger partial charge in [0.1, 0.15) is 47.8 Å². The van der Waals surface area contributed by atoms with Crippen LogP contribution in [0.2, 0.25) is 0 Å². The van der Waals surface area contributed by atoms with E-state index in [1.807, 2.05) is 0 Å². The fourth-order valence-electron chi connectivity index (χ4n) is 3.83. The molecule has 1 saturated heterocycles. The lowest BCUT2D eigenvalue weighted by molar-refractivity contribution is -0.352. The second-order valence-electron chi connectivity index (χ2n) is 7.12. The average Bonchev–Trinajstić information content (AvgIpc) is 2.73. The summed E-state index contributed by atoms with van der Waals surface area (Å²) in [5.74, 6) is -1.38. The van der Waals surface area contributed by atoms with Crippen molar-refractivity contribution in [3.05, 3.63) is 12.3 Å². The van der Waals surface area contributed by atoms with Crippen molar-refractivity contribution >= 4 is 0 Å². The van der Waals surface area contributed by atoms with Gasteiger partial charge >= 0.3 is 0 Å². The Bertz CT molecular complexity index is 552. The highest BCUT2D eigenvalue weighted by molar-refractivity contribution is 5.24. The standard InChI is InChI=1S/C15H24O11/c1-14(22)9-13(24-3-2-15(9,23)11(21)10(14)20)26-12-8(19)7(18)6(17)5(4-16)25-12/h2-3,5-13,16-23H,4H2,1H3. The van der Waals surface area contributed by atoms with E-state index in [0.29, 0.717) is 0 Å². The molecule has 150 valence electrons. The largest absolute Gasteiger partial charge is 0.472 e. The lowest BCUT2D eigenvalue weighted by Gasteiger charge is -2.45. The predicted molar refractivity (Wildman–Crippen MR) is 79.9 cm³/mol. The van der Waals surface area contributed by atoms with E-state index in [1.165, 1.54) is 6.92 Å². The average molecular weight is 380 g/mol. The second-order valence-corrected chi connectivity index (χ2v) is 7.12. The fourth-order valence-corrected chi connectivity index (χ4v) is 3.83. The van der Waals surface area contributed by atoms with Crippen LogP contribution in [0.5, 0.6) is 0 Å². The molecule has 2 heterocycles. The Hall–Kier alpha value is -0.860. The van der Waals surface area contributed by atoms with Crippen LogP contribution < -0.4 is 0 Å². The number of hydrogen-bond donors (Lipinski definition) is 8. The van der Waals surface area contributed by atoms with Gasteiger partial charge in [-0.3, -0.25) is 0 Å². The molecule has 26 heavy (non-hydrogen) atoms. The van der Waals surface area contributed by atoms with Crippen molar-refractivity contribution in [2.24, 2.45) is 5.92 Å². The molecule has 0 amide bonds. The van der Waals surface area contributed by atoms with Gasteiger partial charge in [-0.15, -0.1) is 0 Å². The quantitative estimate of drug-likeness (QED) is 0.235. The van der Waals surface area contributed by atoms with E-state index >= 15 is 0 Å². The van der Waals surface area contributed by atoms with Crippen molar-refractivity contribution < 1.29 is 55.1 Å². The maximum Gasteiger partial charge on any atom is 0.210 e. The van der Waals surface area contributed by atoms with Crippen molar-refractivity contribution in [2.75, 3.05) is 6.61 Å². The summed E-state index contributed by atoms with van der Waals surface area (Å²) in [6, 6.07) is 0. The monoisotopic (exact) mass is 380 g/mol. The van der Waals surface area contributed by atoms with Gasteiger partial charge in [0.05, 0.1) is 18.8 Å². The van der Waals surface area contributed by atoms with Gasteiger partial charge in [-0.1, -0.05) is 0 Å². The Morgan fingerprint density at radius 1 is 0.962 bits per heavy atom. The van der Waals surface area contributed by atoms with Crippen LogP contribution in [-0.4, -0.2) is 108 Å². The molecule has 11 unspecified atom stereocenters. The fraction of sp³-hybridized carbons (Fsp3) is 0.867.